The number of Topliss-reactive ketones (excluding diaryl/α,β-unsaturated/α-hetero) is 1. The van der Waals surface area contributed by atoms with Crippen molar-refractivity contribution in [3.8, 4) is 5.69 Å². The Labute approximate surface area is 220 Å². The molecule has 3 aromatic heterocycles. The van der Waals surface area contributed by atoms with Gasteiger partial charge in [0, 0.05) is 37.0 Å². The number of benzene rings is 1. The quantitative estimate of drug-likeness (QED) is 0.343. The summed E-state index contributed by atoms with van der Waals surface area (Å²) in [6, 6.07) is 13.3. The average molecular weight is 531 g/mol. The zero-order chi connectivity index (χ0) is 26.7. The number of allylic oxidation sites excluding steroid dienone is 1. The molecule has 1 fully saturated rings. The molecular formula is C29H27FN4O3S. The Morgan fingerprint density at radius 2 is 1.89 bits per heavy atom. The number of carbonyl (C=O) groups is 1. The largest absolute Gasteiger partial charge is 0.317 e. The van der Waals surface area contributed by atoms with E-state index in [-0.39, 0.29) is 23.0 Å². The molecule has 3 heterocycles. The van der Waals surface area contributed by atoms with Gasteiger partial charge in [0.05, 0.1) is 10.7 Å². The molecular weight excluding hydrogens is 503 g/mol. The minimum absolute atomic E-state index is 0.0349. The zero-order valence-electron chi connectivity index (χ0n) is 21.1. The van der Waals surface area contributed by atoms with Crippen LogP contribution in [0.4, 0.5) is 4.39 Å². The smallest absolute Gasteiger partial charge is 0.200 e. The highest BCUT2D eigenvalue weighted by molar-refractivity contribution is 7.92. The minimum Gasteiger partial charge on any atom is -0.317 e. The van der Waals surface area contributed by atoms with Crippen molar-refractivity contribution in [3.05, 3.63) is 101 Å². The molecule has 0 N–H and O–H groups in total. The van der Waals surface area contributed by atoms with Crippen LogP contribution < -0.4 is 0 Å². The molecule has 194 valence electrons. The fourth-order valence-corrected chi connectivity index (χ4v) is 7.66. The maximum Gasteiger partial charge on any atom is 0.200 e. The number of ketones is 1. The second-order valence-corrected chi connectivity index (χ2v) is 12.5. The van der Waals surface area contributed by atoms with Crippen LogP contribution in [0.1, 0.15) is 46.6 Å². The van der Waals surface area contributed by atoms with Gasteiger partial charge in [-0.15, -0.1) is 0 Å². The Hall–Kier alpha value is -3.85. The number of fused-ring (bicyclic) bond motifs is 2. The lowest BCUT2D eigenvalue weighted by Gasteiger charge is -2.43. The van der Waals surface area contributed by atoms with Gasteiger partial charge in [-0.1, -0.05) is 5.57 Å². The number of hydrogen-bond donors (Lipinski definition) is 0. The van der Waals surface area contributed by atoms with Crippen LogP contribution in [0.25, 0.3) is 11.8 Å². The van der Waals surface area contributed by atoms with Gasteiger partial charge in [-0.3, -0.25) is 14.5 Å². The van der Waals surface area contributed by atoms with E-state index in [9.17, 15) is 17.6 Å². The van der Waals surface area contributed by atoms with Gasteiger partial charge in [0.2, 0.25) is 0 Å². The van der Waals surface area contributed by atoms with Crippen molar-refractivity contribution >= 4 is 21.7 Å². The monoisotopic (exact) mass is 530 g/mol. The van der Waals surface area contributed by atoms with E-state index < -0.39 is 20.5 Å². The van der Waals surface area contributed by atoms with Gasteiger partial charge >= 0.3 is 0 Å². The van der Waals surface area contributed by atoms with Crippen LogP contribution in [0, 0.1) is 18.2 Å². The number of aryl methyl sites for hydroxylation is 2. The first-order chi connectivity index (χ1) is 18.2. The lowest BCUT2D eigenvalue weighted by Crippen LogP contribution is -2.46. The van der Waals surface area contributed by atoms with Gasteiger partial charge in [-0.05, 0) is 98.3 Å². The van der Waals surface area contributed by atoms with Crippen molar-refractivity contribution in [2.75, 3.05) is 0 Å². The lowest BCUT2D eigenvalue weighted by molar-refractivity contribution is 0.0796. The first kappa shape index (κ1) is 24.5. The average Bonchev–Trinajstić information content (AvgIpc) is 3.53. The third-order valence-corrected chi connectivity index (χ3v) is 9.93. The fraction of sp³-hybridized carbons (Fsp3) is 0.276. The molecule has 6 rings (SSSR count). The lowest BCUT2D eigenvalue weighted by atomic mass is 9.61. The SMILES string of the molecule is Cc1ccnc(C(=O)[C@]23Cc4ccn(-c5ccc(F)cc5)c4C=C2CC[C@H](S(=O)(=O)c2ccn(C)n2)C3)c1. The summed E-state index contributed by atoms with van der Waals surface area (Å²) in [5.41, 5.74) is 3.81. The molecule has 1 saturated carbocycles. The van der Waals surface area contributed by atoms with Crippen LogP contribution in [0.2, 0.25) is 0 Å². The van der Waals surface area contributed by atoms with E-state index in [2.05, 4.69) is 10.1 Å². The molecule has 0 saturated heterocycles. The molecule has 0 spiro atoms. The van der Waals surface area contributed by atoms with Crippen LogP contribution in [-0.2, 0) is 23.3 Å². The molecule has 2 atom stereocenters. The van der Waals surface area contributed by atoms with Crippen molar-refractivity contribution in [1.82, 2.24) is 19.3 Å². The van der Waals surface area contributed by atoms with E-state index in [0.717, 1.165) is 28.1 Å². The molecule has 38 heavy (non-hydrogen) atoms. The van der Waals surface area contributed by atoms with E-state index in [1.54, 1.807) is 37.6 Å². The number of rotatable bonds is 5. The zero-order valence-corrected chi connectivity index (χ0v) is 22.0. The van der Waals surface area contributed by atoms with E-state index >= 15 is 0 Å². The Bertz CT molecular complexity index is 1700. The van der Waals surface area contributed by atoms with Crippen LogP contribution >= 0.6 is 0 Å². The summed E-state index contributed by atoms with van der Waals surface area (Å²) in [6.45, 7) is 1.91. The fourth-order valence-electron chi connectivity index (χ4n) is 5.89. The topological polar surface area (TPSA) is 86.9 Å². The Morgan fingerprint density at radius 1 is 1.11 bits per heavy atom. The molecule has 0 aliphatic heterocycles. The number of hydrogen-bond acceptors (Lipinski definition) is 5. The number of halogens is 1. The number of aromatic nitrogens is 4. The molecule has 1 aromatic carbocycles. The Balaban J connectivity index is 1.46. The minimum atomic E-state index is -3.75. The van der Waals surface area contributed by atoms with Crippen LogP contribution in [-0.4, -0.2) is 38.8 Å². The van der Waals surface area contributed by atoms with Crippen molar-refractivity contribution in [2.24, 2.45) is 12.5 Å². The highest BCUT2D eigenvalue weighted by atomic mass is 32.2. The predicted molar refractivity (Wildman–Crippen MR) is 141 cm³/mol. The maximum atomic E-state index is 14.3. The predicted octanol–water partition coefficient (Wildman–Crippen LogP) is 4.89. The van der Waals surface area contributed by atoms with Crippen molar-refractivity contribution in [3.63, 3.8) is 0 Å². The molecule has 0 unspecified atom stereocenters. The Kier molecular flexibility index (Phi) is 5.72. The van der Waals surface area contributed by atoms with Crippen LogP contribution in [0.15, 0.2) is 77.7 Å². The number of sulfone groups is 1. The van der Waals surface area contributed by atoms with Crippen molar-refractivity contribution in [2.45, 2.75) is 42.9 Å². The second-order valence-electron chi connectivity index (χ2n) is 10.3. The second kappa shape index (κ2) is 8.87. The molecule has 0 bridgehead atoms. The van der Waals surface area contributed by atoms with Crippen LogP contribution in [0.5, 0.6) is 0 Å². The molecule has 9 heteroatoms. The van der Waals surface area contributed by atoms with Gasteiger partial charge in [0.1, 0.15) is 11.5 Å². The number of carbonyl (C=O) groups excluding carboxylic acids is 1. The standard InChI is InChI=1S/C29H27FN4O3S/c1-19-9-12-31-25(15-19)28(35)29-17-20-10-14-34(23-6-4-22(30)5-7-23)26(20)16-21(29)3-8-24(18-29)38(36,37)27-11-13-33(2)32-27/h4-7,9-16,24H,3,8,17-18H2,1-2H3/t24-,29-/m0/s1. The summed E-state index contributed by atoms with van der Waals surface area (Å²) in [5.74, 6) is -0.468. The van der Waals surface area contributed by atoms with E-state index in [0.29, 0.717) is 25.0 Å². The molecule has 7 nitrogen and oxygen atoms in total. The first-order valence-corrected chi connectivity index (χ1v) is 14.1. The molecule has 0 amide bonds. The summed E-state index contributed by atoms with van der Waals surface area (Å²) in [7, 11) is -2.06. The van der Waals surface area contributed by atoms with E-state index in [4.69, 9.17) is 0 Å². The van der Waals surface area contributed by atoms with Gasteiger partial charge in [-0.25, -0.2) is 12.8 Å². The third-order valence-electron chi connectivity index (χ3n) is 7.85. The highest BCUT2D eigenvalue weighted by Gasteiger charge is 2.52. The van der Waals surface area contributed by atoms with Crippen molar-refractivity contribution < 1.29 is 17.6 Å². The third kappa shape index (κ3) is 3.93. The molecule has 4 aromatic rings. The van der Waals surface area contributed by atoms with E-state index in [1.807, 2.05) is 35.9 Å². The van der Waals surface area contributed by atoms with Crippen LogP contribution in [0.3, 0.4) is 0 Å². The van der Waals surface area contributed by atoms with E-state index in [1.165, 1.54) is 22.9 Å². The molecule has 2 aliphatic rings. The maximum absolute atomic E-state index is 14.3. The van der Waals surface area contributed by atoms with Gasteiger partial charge < -0.3 is 4.57 Å². The summed E-state index contributed by atoms with van der Waals surface area (Å²) in [6.07, 6.45) is 8.56. The highest BCUT2D eigenvalue weighted by Crippen LogP contribution is 2.52. The molecule has 0 radical (unpaired) electrons. The first-order valence-electron chi connectivity index (χ1n) is 12.6. The normalized spacial score (nSPS) is 20.9. The summed E-state index contributed by atoms with van der Waals surface area (Å²) in [5, 5.41) is 3.45. The number of pyridine rings is 1. The summed E-state index contributed by atoms with van der Waals surface area (Å²) >= 11 is 0. The van der Waals surface area contributed by atoms with Gasteiger partial charge in [-0.2, -0.15) is 5.10 Å². The number of nitrogens with zero attached hydrogens (tertiary/aromatic N) is 4. The van der Waals surface area contributed by atoms with Crippen molar-refractivity contribution in [1.29, 1.82) is 0 Å². The van der Waals surface area contributed by atoms with Gasteiger partial charge in [0.25, 0.3) is 0 Å². The molecule has 2 aliphatic carbocycles. The Morgan fingerprint density at radius 3 is 2.61 bits per heavy atom. The summed E-state index contributed by atoms with van der Waals surface area (Å²) < 4.78 is 44.3. The summed E-state index contributed by atoms with van der Waals surface area (Å²) in [4.78, 5) is 18.7. The van der Waals surface area contributed by atoms with Gasteiger partial charge in [0.15, 0.2) is 20.6 Å².